The van der Waals surface area contributed by atoms with Crippen molar-refractivity contribution in [2.75, 3.05) is 48.8 Å². The van der Waals surface area contributed by atoms with Gasteiger partial charge in [0.25, 0.3) is 0 Å². The number of nitrogens with zero attached hydrogens (tertiary/aromatic N) is 4. The summed E-state index contributed by atoms with van der Waals surface area (Å²) in [6.45, 7) is 1.03. The van der Waals surface area contributed by atoms with Crippen LogP contribution in [0.25, 0.3) is 0 Å². The van der Waals surface area contributed by atoms with Crippen molar-refractivity contribution in [1.82, 2.24) is 14.7 Å². The largest absolute Gasteiger partial charge is 0.308 e. The molecule has 1 aliphatic carbocycles. The van der Waals surface area contributed by atoms with Crippen molar-refractivity contribution >= 4 is 0 Å². The predicted molar refractivity (Wildman–Crippen MR) is 104 cm³/mol. The second kappa shape index (κ2) is 7.86. The van der Waals surface area contributed by atoms with Crippen molar-refractivity contribution in [3.63, 3.8) is 0 Å². The van der Waals surface area contributed by atoms with Crippen LogP contribution < -0.4 is 0 Å². The van der Waals surface area contributed by atoms with Crippen molar-refractivity contribution < 1.29 is 0 Å². The van der Waals surface area contributed by atoms with Gasteiger partial charge in [-0.05, 0) is 79.5 Å². The number of hydrogen-bond donors (Lipinski definition) is 0. The van der Waals surface area contributed by atoms with Gasteiger partial charge in [-0.25, -0.2) is 0 Å². The van der Waals surface area contributed by atoms with E-state index in [9.17, 15) is 5.26 Å². The Balaban J connectivity index is 2.39. The lowest BCUT2D eigenvalue weighted by Gasteiger charge is -2.54. The Labute approximate surface area is 154 Å². The molecule has 3 unspecified atom stereocenters. The monoisotopic (exact) mass is 342 g/mol. The van der Waals surface area contributed by atoms with E-state index >= 15 is 0 Å². The summed E-state index contributed by atoms with van der Waals surface area (Å²) in [5.41, 5.74) is 1.06. The molecule has 0 radical (unpaired) electrons. The Hall–Kier alpha value is -1.41. The van der Waals surface area contributed by atoms with Crippen molar-refractivity contribution in [3.05, 3.63) is 35.9 Å². The van der Waals surface area contributed by atoms with Gasteiger partial charge in [0.1, 0.15) is 5.54 Å². The fraction of sp³-hybridized carbons (Fsp3) is 0.667. The summed E-state index contributed by atoms with van der Waals surface area (Å²) < 4.78 is 0. The molecule has 0 bridgehead atoms. The minimum absolute atomic E-state index is 0.124. The van der Waals surface area contributed by atoms with Crippen LogP contribution in [0.1, 0.15) is 24.8 Å². The van der Waals surface area contributed by atoms with Gasteiger partial charge < -0.3 is 9.80 Å². The molecule has 4 heteroatoms. The zero-order chi connectivity index (χ0) is 18.7. The molecule has 0 amide bonds. The molecule has 0 saturated heterocycles. The molecule has 0 heterocycles. The van der Waals surface area contributed by atoms with E-state index < -0.39 is 0 Å². The summed E-state index contributed by atoms with van der Waals surface area (Å²) in [5, 5.41) is 10.1. The van der Waals surface area contributed by atoms with Gasteiger partial charge in [0.05, 0.1) is 6.07 Å². The van der Waals surface area contributed by atoms with E-state index in [1.807, 2.05) is 0 Å². The number of nitriles is 1. The third-order valence-electron chi connectivity index (χ3n) is 6.15. The van der Waals surface area contributed by atoms with Crippen LogP contribution in [0.2, 0.25) is 0 Å². The van der Waals surface area contributed by atoms with E-state index in [-0.39, 0.29) is 11.1 Å². The Kier molecular flexibility index (Phi) is 6.26. The van der Waals surface area contributed by atoms with Crippen LogP contribution in [0.3, 0.4) is 0 Å². The van der Waals surface area contributed by atoms with Crippen LogP contribution in [-0.2, 0) is 6.42 Å². The first-order valence-corrected chi connectivity index (χ1v) is 9.20. The molecule has 1 aromatic carbocycles. The average molecular weight is 343 g/mol. The summed E-state index contributed by atoms with van der Waals surface area (Å²) in [7, 11) is 12.8. The number of rotatable bonds is 6. The zero-order valence-electron chi connectivity index (χ0n) is 16.8. The van der Waals surface area contributed by atoms with Crippen LogP contribution in [0.15, 0.2) is 30.3 Å². The molecule has 1 saturated carbocycles. The lowest BCUT2D eigenvalue weighted by atomic mass is 9.63. The second-order valence-electron chi connectivity index (χ2n) is 8.38. The van der Waals surface area contributed by atoms with E-state index in [2.05, 4.69) is 93.4 Å². The third-order valence-corrected chi connectivity index (χ3v) is 6.15. The van der Waals surface area contributed by atoms with Crippen LogP contribution >= 0.6 is 0 Å². The molecular weight excluding hydrogens is 308 g/mol. The fourth-order valence-electron chi connectivity index (χ4n) is 4.61. The summed E-state index contributed by atoms with van der Waals surface area (Å²) in [5.74, 6) is 0.311. The van der Waals surface area contributed by atoms with E-state index in [0.717, 1.165) is 32.2 Å². The molecule has 0 aromatic heterocycles. The molecule has 0 N–H and O–H groups in total. The first kappa shape index (κ1) is 19.9. The SMILES string of the molecule is CN(C)CC1(N(C)C)CCC(C#N)(N(C)C)C(Cc2ccccc2)C1. The van der Waals surface area contributed by atoms with Gasteiger partial charge in [-0.1, -0.05) is 30.3 Å². The highest BCUT2D eigenvalue weighted by Gasteiger charge is 2.51. The van der Waals surface area contributed by atoms with Gasteiger partial charge in [0.15, 0.2) is 0 Å². The molecule has 1 aromatic rings. The smallest absolute Gasteiger partial charge is 0.112 e. The minimum Gasteiger partial charge on any atom is -0.308 e. The van der Waals surface area contributed by atoms with Crippen LogP contribution in [0.5, 0.6) is 0 Å². The third kappa shape index (κ3) is 4.06. The van der Waals surface area contributed by atoms with E-state index in [4.69, 9.17) is 0 Å². The highest BCUT2D eigenvalue weighted by atomic mass is 15.2. The van der Waals surface area contributed by atoms with E-state index in [1.165, 1.54) is 5.56 Å². The van der Waals surface area contributed by atoms with Gasteiger partial charge in [-0.2, -0.15) is 5.26 Å². The van der Waals surface area contributed by atoms with Crippen molar-refractivity contribution in [2.45, 2.75) is 36.8 Å². The van der Waals surface area contributed by atoms with Gasteiger partial charge in [-0.3, -0.25) is 4.90 Å². The summed E-state index contributed by atoms with van der Waals surface area (Å²) in [6, 6.07) is 13.3. The molecule has 3 atom stereocenters. The molecule has 138 valence electrons. The van der Waals surface area contributed by atoms with Gasteiger partial charge in [-0.15, -0.1) is 0 Å². The normalized spacial score (nSPS) is 30.0. The van der Waals surface area contributed by atoms with E-state index in [0.29, 0.717) is 5.92 Å². The molecule has 2 rings (SSSR count). The summed E-state index contributed by atoms with van der Waals surface area (Å²) in [6.07, 6.45) is 3.96. The molecule has 4 nitrogen and oxygen atoms in total. The van der Waals surface area contributed by atoms with Gasteiger partial charge in [0, 0.05) is 12.1 Å². The van der Waals surface area contributed by atoms with Gasteiger partial charge >= 0.3 is 0 Å². The highest BCUT2D eigenvalue weighted by molar-refractivity contribution is 5.22. The minimum atomic E-state index is -0.387. The Bertz CT molecular complexity index is 590. The first-order chi connectivity index (χ1) is 11.8. The Morgan fingerprint density at radius 2 is 1.64 bits per heavy atom. The predicted octanol–water partition coefficient (Wildman–Crippen LogP) is 2.72. The molecule has 0 aliphatic heterocycles. The number of likely N-dealkylation sites (N-methyl/N-ethyl adjacent to an activating group) is 2. The number of benzene rings is 1. The van der Waals surface area contributed by atoms with Crippen molar-refractivity contribution in [1.29, 1.82) is 5.26 Å². The maximum absolute atomic E-state index is 10.1. The van der Waals surface area contributed by atoms with Crippen LogP contribution in [-0.4, -0.2) is 74.6 Å². The highest BCUT2D eigenvalue weighted by Crippen LogP contribution is 2.45. The first-order valence-electron chi connectivity index (χ1n) is 9.20. The molecule has 25 heavy (non-hydrogen) atoms. The molecule has 1 fully saturated rings. The zero-order valence-corrected chi connectivity index (χ0v) is 16.8. The Morgan fingerprint density at radius 1 is 1.00 bits per heavy atom. The Morgan fingerprint density at radius 3 is 2.12 bits per heavy atom. The van der Waals surface area contributed by atoms with E-state index in [1.54, 1.807) is 0 Å². The van der Waals surface area contributed by atoms with Crippen molar-refractivity contribution in [2.24, 2.45) is 5.92 Å². The maximum atomic E-state index is 10.1. The number of hydrogen-bond acceptors (Lipinski definition) is 4. The lowest BCUT2D eigenvalue weighted by Crippen LogP contribution is -2.63. The maximum Gasteiger partial charge on any atom is 0.112 e. The lowest BCUT2D eigenvalue weighted by molar-refractivity contribution is -0.0172. The summed E-state index contributed by atoms with van der Waals surface area (Å²) >= 11 is 0. The fourth-order valence-corrected chi connectivity index (χ4v) is 4.61. The molecule has 0 spiro atoms. The molecule has 1 aliphatic rings. The van der Waals surface area contributed by atoms with Gasteiger partial charge in [0.2, 0.25) is 0 Å². The van der Waals surface area contributed by atoms with Crippen molar-refractivity contribution in [3.8, 4) is 6.07 Å². The summed E-state index contributed by atoms with van der Waals surface area (Å²) in [4.78, 5) is 6.84. The van der Waals surface area contributed by atoms with Crippen LogP contribution in [0.4, 0.5) is 0 Å². The quantitative estimate of drug-likeness (QED) is 0.796. The van der Waals surface area contributed by atoms with Crippen LogP contribution in [0, 0.1) is 17.2 Å². The second-order valence-corrected chi connectivity index (χ2v) is 8.38. The molecular formula is C21H34N4. The topological polar surface area (TPSA) is 33.5 Å². The average Bonchev–Trinajstić information content (AvgIpc) is 2.55. The standard InChI is InChI=1S/C21H34N4/c1-23(2)17-20(24(3)4)12-13-21(16-22,25(5)6)19(15-20)14-18-10-8-7-9-11-18/h7-11,19H,12-15,17H2,1-6H3.